The van der Waals surface area contributed by atoms with Gasteiger partial charge in [-0.2, -0.15) is 13.2 Å². The molecule has 0 N–H and O–H groups in total. The number of fused-ring (bicyclic) bond motifs is 14. The van der Waals surface area contributed by atoms with Crippen molar-refractivity contribution in [1.82, 2.24) is 9.13 Å². The highest BCUT2D eigenvalue weighted by atomic mass is 19.4. The molecule has 3 nitrogen and oxygen atoms in total. The lowest BCUT2D eigenvalue weighted by Gasteiger charge is -2.23. The van der Waals surface area contributed by atoms with Crippen molar-refractivity contribution in [3.05, 3.63) is 221 Å². The van der Waals surface area contributed by atoms with Gasteiger partial charge in [0.15, 0.2) is 5.69 Å². The van der Waals surface area contributed by atoms with E-state index in [1.165, 1.54) is 56.6 Å². The number of para-hydroxylation sites is 2. The van der Waals surface area contributed by atoms with Crippen molar-refractivity contribution in [3.63, 3.8) is 0 Å². The fraction of sp³-hybridized carbons (Fsp3) is 0.127. The van der Waals surface area contributed by atoms with E-state index in [1.54, 1.807) is 6.92 Å². The highest BCUT2D eigenvalue weighted by Gasteiger charge is 2.40. The maximum absolute atomic E-state index is 14.5. The van der Waals surface area contributed by atoms with Crippen molar-refractivity contribution in [2.45, 2.75) is 51.6 Å². The van der Waals surface area contributed by atoms with Gasteiger partial charge in [0.25, 0.3) is 0 Å². The summed E-state index contributed by atoms with van der Waals surface area (Å²) in [6.07, 6.45) is -4.53. The average molecular weight is 900 g/mol. The van der Waals surface area contributed by atoms with Crippen molar-refractivity contribution >= 4 is 49.3 Å². The van der Waals surface area contributed by atoms with Gasteiger partial charge in [0.1, 0.15) is 0 Å². The van der Waals surface area contributed by atoms with Crippen LogP contribution in [0, 0.1) is 13.5 Å². The molecule has 69 heavy (non-hydrogen) atoms. The number of hydrogen-bond donors (Lipinski definition) is 0. The lowest BCUT2D eigenvalue weighted by Crippen LogP contribution is -2.15. The Morgan fingerprint density at radius 3 is 1.57 bits per heavy atom. The van der Waals surface area contributed by atoms with Gasteiger partial charge in [0, 0.05) is 43.6 Å². The van der Waals surface area contributed by atoms with Gasteiger partial charge in [-0.3, -0.25) is 0 Å². The summed E-state index contributed by atoms with van der Waals surface area (Å²) in [6, 6.07) is 59.4. The first-order chi connectivity index (χ1) is 33.3. The number of alkyl halides is 3. The molecule has 13 rings (SSSR count). The maximum atomic E-state index is 14.5. The predicted molar refractivity (Wildman–Crippen MR) is 277 cm³/mol. The molecule has 9 aromatic carbocycles. The van der Waals surface area contributed by atoms with Gasteiger partial charge in [-0.05, 0) is 128 Å². The van der Waals surface area contributed by atoms with E-state index < -0.39 is 11.7 Å². The second kappa shape index (κ2) is 14.2. The third-order valence-electron chi connectivity index (χ3n) is 15.3. The summed E-state index contributed by atoms with van der Waals surface area (Å²) in [7, 11) is 0. The standard InChI is InChI=1S/C63H44F3N3/c1-36-32-38(34-39(33-36)63(64,65)66)37-26-29-52(68-50-23-13-9-18-44(50)57-54(68)30-27-42-40-16-7-11-20-47(40)61(2,3)59(42)57)46(35-37)56-49(67-6)22-15-25-53(56)69-51-24-14-10-19-45(51)58-55(69)31-28-43-41-17-8-12-21-48(41)62(4,5)60(43)58/h7-35H,1-5H3. The average Bonchev–Trinajstić information content (AvgIpc) is 4.01. The third-order valence-corrected chi connectivity index (χ3v) is 15.3. The molecule has 332 valence electrons. The molecule has 0 bridgehead atoms. The minimum atomic E-state index is -4.53. The Bertz CT molecular complexity index is 4090. The molecule has 2 aliphatic rings. The molecular weight excluding hydrogens is 856 g/mol. The van der Waals surface area contributed by atoms with E-state index in [1.807, 2.05) is 36.4 Å². The Morgan fingerprint density at radius 2 is 1.00 bits per heavy atom. The van der Waals surface area contributed by atoms with Crippen molar-refractivity contribution in [2.75, 3.05) is 0 Å². The number of rotatable bonds is 4. The molecule has 0 fully saturated rings. The maximum Gasteiger partial charge on any atom is 0.416 e. The molecule has 2 heterocycles. The lowest BCUT2D eigenvalue weighted by atomic mass is 9.80. The summed E-state index contributed by atoms with van der Waals surface area (Å²) in [5.74, 6) is 0. The fourth-order valence-corrected chi connectivity index (χ4v) is 12.5. The molecule has 0 radical (unpaired) electrons. The van der Waals surface area contributed by atoms with Crippen molar-refractivity contribution in [3.8, 4) is 55.9 Å². The van der Waals surface area contributed by atoms with Crippen molar-refractivity contribution in [1.29, 1.82) is 0 Å². The monoisotopic (exact) mass is 899 g/mol. The van der Waals surface area contributed by atoms with Crippen LogP contribution in [0.25, 0.3) is 104 Å². The van der Waals surface area contributed by atoms with E-state index in [2.05, 4.69) is 169 Å². The van der Waals surface area contributed by atoms with Gasteiger partial charge >= 0.3 is 6.18 Å². The fourth-order valence-electron chi connectivity index (χ4n) is 12.5. The van der Waals surface area contributed by atoms with Crippen LogP contribution < -0.4 is 0 Å². The molecule has 2 aliphatic carbocycles. The molecule has 11 aromatic rings. The Balaban J connectivity index is 1.15. The highest BCUT2D eigenvalue weighted by molar-refractivity contribution is 6.17. The molecule has 0 atom stereocenters. The number of halogens is 3. The van der Waals surface area contributed by atoms with Gasteiger partial charge in [0.2, 0.25) is 0 Å². The van der Waals surface area contributed by atoms with E-state index >= 15 is 0 Å². The van der Waals surface area contributed by atoms with Crippen LogP contribution >= 0.6 is 0 Å². The SMILES string of the molecule is [C-]#[N+]c1cccc(-n2c3ccccc3c3c4c(ccc32)-c2ccccc2C4(C)C)c1-c1cc(-c2cc(C)cc(C(F)(F)F)c2)ccc1-n1c2ccccc2c2c3c(ccc21)-c1ccccc1C3(C)C. The zero-order valence-corrected chi connectivity index (χ0v) is 38.7. The largest absolute Gasteiger partial charge is 0.416 e. The van der Waals surface area contributed by atoms with E-state index in [0.717, 1.165) is 60.5 Å². The van der Waals surface area contributed by atoms with Crippen LogP contribution in [0.1, 0.15) is 61.1 Å². The van der Waals surface area contributed by atoms with Gasteiger partial charge in [-0.1, -0.05) is 149 Å². The summed E-state index contributed by atoms with van der Waals surface area (Å²) in [6.45, 7) is 19.8. The van der Waals surface area contributed by atoms with Crippen LogP contribution in [0.5, 0.6) is 0 Å². The van der Waals surface area contributed by atoms with Gasteiger partial charge < -0.3 is 9.13 Å². The molecule has 0 unspecified atom stereocenters. The lowest BCUT2D eigenvalue weighted by molar-refractivity contribution is -0.137. The van der Waals surface area contributed by atoms with Gasteiger partial charge in [0.05, 0.1) is 39.9 Å². The Morgan fingerprint density at radius 1 is 0.464 bits per heavy atom. The minimum absolute atomic E-state index is 0.293. The molecular formula is C63H44F3N3. The molecule has 0 saturated carbocycles. The Kier molecular flexibility index (Phi) is 8.45. The summed E-state index contributed by atoms with van der Waals surface area (Å²) < 4.78 is 48.2. The van der Waals surface area contributed by atoms with E-state index in [0.29, 0.717) is 27.9 Å². The van der Waals surface area contributed by atoms with Crippen LogP contribution in [-0.4, -0.2) is 9.13 Å². The second-order valence-electron chi connectivity index (χ2n) is 19.9. The third kappa shape index (κ3) is 5.62. The minimum Gasteiger partial charge on any atom is -0.310 e. The second-order valence-corrected chi connectivity index (χ2v) is 19.9. The number of nitrogens with zero attached hydrogens (tertiary/aromatic N) is 3. The first kappa shape index (κ1) is 41.1. The van der Waals surface area contributed by atoms with Crippen LogP contribution in [-0.2, 0) is 17.0 Å². The first-order valence-corrected chi connectivity index (χ1v) is 23.5. The van der Waals surface area contributed by atoms with Crippen molar-refractivity contribution < 1.29 is 13.2 Å². The first-order valence-electron chi connectivity index (χ1n) is 23.5. The van der Waals surface area contributed by atoms with Crippen molar-refractivity contribution in [2.24, 2.45) is 0 Å². The molecule has 2 aromatic heterocycles. The van der Waals surface area contributed by atoms with Crippen LogP contribution in [0.3, 0.4) is 0 Å². The molecule has 0 amide bonds. The van der Waals surface area contributed by atoms with Crippen LogP contribution in [0.2, 0.25) is 0 Å². The molecule has 6 heteroatoms. The Labute approximate surface area is 398 Å². The zero-order valence-electron chi connectivity index (χ0n) is 38.7. The topological polar surface area (TPSA) is 14.2 Å². The summed E-state index contributed by atoms with van der Waals surface area (Å²) in [5.41, 5.74) is 17.8. The number of benzene rings is 9. The summed E-state index contributed by atoms with van der Waals surface area (Å²) in [5, 5.41) is 4.54. The quantitative estimate of drug-likeness (QED) is 0.156. The van der Waals surface area contributed by atoms with Gasteiger partial charge in [-0.15, -0.1) is 0 Å². The molecule has 0 spiro atoms. The normalized spacial score (nSPS) is 14.3. The zero-order chi connectivity index (χ0) is 47.3. The molecule has 0 saturated heterocycles. The highest BCUT2D eigenvalue weighted by Crippen LogP contribution is 2.56. The van der Waals surface area contributed by atoms with Crippen LogP contribution in [0.15, 0.2) is 176 Å². The number of aromatic nitrogens is 2. The number of aryl methyl sites for hydroxylation is 1. The van der Waals surface area contributed by atoms with E-state index in [4.69, 9.17) is 6.57 Å². The smallest absolute Gasteiger partial charge is 0.310 e. The Hall–Kier alpha value is -8.14. The van der Waals surface area contributed by atoms with E-state index in [9.17, 15) is 13.2 Å². The van der Waals surface area contributed by atoms with E-state index in [-0.39, 0.29) is 10.8 Å². The summed E-state index contributed by atoms with van der Waals surface area (Å²) >= 11 is 0. The predicted octanol–water partition coefficient (Wildman–Crippen LogP) is 17.7. The van der Waals surface area contributed by atoms with Crippen LogP contribution in [0.4, 0.5) is 18.9 Å². The van der Waals surface area contributed by atoms with Gasteiger partial charge in [-0.25, -0.2) is 4.85 Å². The molecule has 0 aliphatic heterocycles. The summed E-state index contributed by atoms with van der Waals surface area (Å²) in [4.78, 5) is 4.26. The number of hydrogen-bond acceptors (Lipinski definition) is 0.